The fourth-order valence-electron chi connectivity index (χ4n) is 3.19. The number of oxazole rings is 1. The van der Waals surface area contributed by atoms with Crippen LogP contribution >= 0.6 is 0 Å². The molecule has 3 rings (SSSR count). The zero-order chi connectivity index (χ0) is 20.5. The summed E-state index contributed by atoms with van der Waals surface area (Å²) in [7, 11) is 0. The number of benzene rings is 2. The Morgan fingerprint density at radius 2 is 1.86 bits per heavy atom. The van der Waals surface area contributed by atoms with Gasteiger partial charge >= 0.3 is 5.97 Å². The highest BCUT2D eigenvalue weighted by Crippen LogP contribution is 2.22. The van der Waals surface area contributed by atoms with Crippen molar-refractivity contribution in [2.45, 2.75) is 45.4 Å². The minimum absolute atomic E-state index is 0.226. The van der Waals surface area contributed by atoms with Gasteiger partial charge < -0.3 is 14.3 Å². The second-order valence-electron chi connectivity index (χ2n) is 7.09. The van der Waals surface area contributed by atoms with Crippen LogP contribution in [0, 0.1) is 6.92 Å². The lowest BCUT2D eigenvalue weighted by Gasteiger charge is -2.08. The molecule has 0 amide bonds. The number of ether oxygens (including phenoxy) is 1. The smallest absolute Gasteiger partial charge is 0.303 e. The Morgan fingerprint density at radius 1 is 1.03 bits per heavy atom. The number of rotatable bonds is 11. The zero-order valence-corrected chi connectivity index (χ0v) is 16.8. The number of nitrogens with zero attached hydrogens (tertiary/aromatic N) is 1. The van der Waals surface area contributed by atoms with Crippen molar-refractivity contribution in [1.82, 2.24) is 4.98 Å². The molecule has 0 aliphatic rings. The van der Waals surface area contributed by atoms with Crippen LogP contribution in [0.15, 0.2) is 59.0 Å². The van der Waals surface area contributed by atoms with Gasteiger partial charge in [-0.2, -0.15) is 0 Å². The maximum atomic E-state index is 10.6. The first-order chi connectivity index (χ1) is 14.1. The molecular formula is C24H27NO4. The molecule has 5 heteroatoms. The van der Waals surface area contributed by atoms with Crippen LogP contribution in [-0.4, -0.2) is 22.7 Å². The molecule has 0 saturated carbocycles. The molecule has 0 fully saturated rings. The van der Waals surface area contributed by atoms with Crippen LogP contribution in [-0.2, 0) is 17.6 Å². The monoisotopic (exact) mass is 393 g/mol. The highest BCUT2D eigenvalue weighted by molar-refractivity contribution is 5.66. The average Bonchev–Trinajstić information content (AvgIpc) is 3.10. The Hall–Kier alpha value is -3.08. The number of carbonyl (C=O) groups is 1. The van der Waals surface area contributed by atoms with E-state index >= 15 is 0 Å². The fourth-order valence-corrected chi connectivity index (χ4v) is 3.19. The Kier molecular flexibility index (Phi) is 7.45. The average molecular weight is 393 g/mol. The van der Waals surface area contributed by atoms with E-state index in [1.165, 1.54) is 5.56 Å². The van der Waals surface area contributed by atoms with E-state index in [0.717, 1.165) is 48.5 Å². The Labute approximate surface area is 171 Å². The molecule has 5 nitrogen and oxygen atoms in total. The summed E-state index contributed by atoms with van der Waals surface area (Å²) >= 11 is 0. The number of hydrogen-bond acceptors (Lipinski definition) is 4. The molecule has 3 aromatic rings. The number of unbranched alkanes of at least 4 members (excludes halogenated alkanes) is 1. The third-order valence-electron chi connectivity index (χ3n) is 4.74. The molecule has 0 radical (unpaired) electrons. The van der Waals surface area contributed by atoms with Gasteiger partial charge in [0, 0.05) is 12.0 Å². The van der Waals surface area contributed by atoms with Crippen molar-refractivity contribution in [3.8, 4) is 17.2 Å². The standard InChI is InChI=1S/C24H27NO4/c1-18-22(25-24(29-18)20-11-3-2-4-12-20)14-8-16-28-21-13-7-10-19(17-21)9-5-6-15-23(26)27/h2-4,7,10-13,17H,5-6,8-9,14-16H2,1H3,(H,26,27). The van der Waals surface area contributed by atoms with E-state index < -0.39 is 5.97 Å². The molecule has 0 atom stereocenters. The third kappa shape index (κ3) is 6.49. The Balaban J connectivity index is 1.44. The van der Waals surface area contributed by atoms with Crippen molar-refractivity contribution in [2.75, 3.05) is 6.61 Å². The summed E-state index contributed by atoms with van der Waals surface area (Å²) in [4.78, 5) is 15.2. The second kappa shape index (κ2) is 10.5. The quantitative estimate of drug-likeness (QED) is 0.438. The van der Waals surface area contributed by atoms with Crippen LogP contribution in [0.1, 0.15) is 42.7 Å². The van der Waals surface area contributed by atoms with Gasteiger partial charge in [-0.05, 0) is 68.9 Å². The van der Waals surface area contributed by atoms with E-state index in [1.54, 1.807) is 0 Å². The first-order valence-electron chi connectivity index (χ1n) is 10.1. The number of hydrogen-bond donors (Lipinski definition) is 1. The summed E-state index contributed by atoms with van der Waals surface area (Å²) in [5, 5.41) is 8.70. The summed E-state index contributed by atoms with van der Waals surface area (Å²) in [6, 6.07) is 17.9. The van der Waals surface area contributed by atoms with Crippen LogP contribution in [0.25, 0.3) is 11.5 Å². The highest BCUT2D eigenvalue weighted by Gasteiger charge is 2.11. The summed E-state index contributed by atoms with van der Waals surface area (Å²) in [5.41, 5.74) is 3.13. The molecular weight excluding hydrogens is 366 g/mol. The van der Waals surface area contributed by atoms with E-state index in [1.807, 2.05) is 55.5 Å². The number of aryl methyl sites for hydroxylation is 3. The zero-order valence-electron chi connectivity index (χ0n) is 16.8. The lowest BCUT2D eigenvalue weighted by atomic mass is 10.1. The van der Waals surface area contributed by atoms with Gasteiger partial charge in [0.25, 0.3) is 0 Å². The molecule has 29 heavy (non-hydrogen) atoms. The summed E-state index contributed by atoms with van der Waals surface area (Å²) in [6.45, 7) is 2.55. The number of carboxylic acids is 1. The molecule has 0 bridgehead atoms. The molecule has 0 aliphatic carbocycles. The van der Waals surface area contributed by atoms with Crippen molar-refractivity contribution in [3.05, 3.63) is 71.6 Å². The van der Waals surface area contributed by atoms with Gasteiger partial charge in [-0.25, -0.2) is 4.98 Å². The van der Waals surface area contributed by atoms with Gasteiger partial charge in [-0.15, -0.1) is 0 Å². The van der Waals surface area contributed by atoms with Crippen LogP contribution < -0.4 is 4.74 Å². The van der Waals surface area contributed by atoms with Crippen LogP contribution in [0.3, 0.4) is 0 Å². The molecule has 1 N–H and O–H groups in total. The van der Waals surface area contributed by atoms with Crippen LogP contribution in [0.2, 0.25) is 0 Å². The van der Waals surface area contributed by atoms with Crippen molar-refractivity contribution in [3.63, 3.8) is 0 Å². The summed E-state index contributed by atoms with van der Waals surface area (Å²) < 4.78 is 11.7. The van der Waals surface area contributed by atoms with Gasteiger partial charge in [-0.3, -0.25) is 4.79 Å². The van der Waals surface area contributed by atoms with Crippen LogP contribution in [0.5, 0.6) is 5.75 Å². The van der Waals surface area contributed by atoms with E-state index in [-0.39, 0.29) is 6.42 Å². The molecule has 1 heterocycles. The molecule has 0 unspecified atom stereocenters. The second-order valence-corrected chi connectivity index (χ2v) is 7.09. The first-order valence-corrected chi connectivity index (χ1v) is 10.1. The van der Waals surface area contributed by atoms with Crippen LogP contribution in [0.4, 0.5) is 0 Å². The number of aromatic nitrogens is 1. The first kappa shape index (κ1) is 20.6. The molecule has 0 spiro atoms. The molecule has 2 aromatic carbocycles. The van der Waals surface area contributed by atoms with Gasteiger partial charge in [0.1, 0.15) is 11.5 Å². The van der Waals surface area contributed by atoms with Gasteiger partial charge in [0.2, 0.25) is 5.89 Å². The maximum Gasteiger partial charge on any atom is 0.303 e. The van der Waals surface area contributed by atoms with E-state index in [4.69, 9.17) is 14.3 Å². The Bertz CT molecular complexity index is 918. The van der Waals surface area contributed by atoms with Crippen molar-refractivity contribution >= 4 is 5.97 Å². The van der Waals surface area contributed by atoms with Gasteiger partial charge in [0.05, 0.1) is 12.3 Å². The third-order valence-corrected chi connectivity index (χ3v) is 4.74. The van der Waals surface area contributed by atoms with E-state index in [2.05, 4.69) is 11.1 Å². The SMILES string of the molecule is Cc1oc(-c2ccccc2)nc1CCCOc1cccc(CCCCC(=O)O)c1. The fraction of sp³-hybridized carbons (Fsp3) is 0.333. The predicted molar refractivity (Wildman–Crippen MR) is 112 cm³/mol. The molecule has 0 saturated heterocycles. The largest absolute Gasteiger partial charge is 0.494 e. The lowest BCUT2D eigenvalue weighted by Crippen LogP contribution is -2.01. The lowest BCUT2D eigenvalue weighted by molar-refractivity contribution is -0.137. The summed E-state index contributed by atoms with van der Waals surface area (Å²) in [6.07, 6.45) is 4.31. The van der Waals surface area contributed by atoms with E-state index in [9.17, 15) is 4.79 Å². The van der Waals surface area contributed by atoms with E-state index in [0.29, 0.717) is 18.9 Å². The normalized spacial score (nSPS) is 10.8. The number of carboxylic acid groups (broad SMARTS) is 1. The molecule has 152 valence electrons. The maximum absolute atomic E-state index is 10.6. The predicted octanol–water partition coefficient (Wildman–Crippen LogP) is 5.46. The highest BCUT2D eigenvalue weighted by atomic mass is 16.5. The molecule has 1 aromatic heterocycles. The van der Waals surface area contributed by atoms with Crippen molar-refractivity contribution in [1.29, 1.82) is 0 Å². The number of aliphatic carboxylic acids is 1. The minimum Gasteiger partial charge on any atom is -0.494 e. The molecule has 0 aliphatic heterocycles. The van der Waals surface area contributed by atoms with Crippen molar-refractivity contribution in [2.24, 2.45) is 0 Å². The minimum atomic E-state index is -0.736. The summed E-state index contributed by atoms with van der Waals surface area (Å²) in [5.74, 6) is 1.63. The van der Waals surface area contributed by atoms with Gasteiger partial charge in [-0.1, -0.05) is 30.3 Å². The van der Waals surface area contributed by atoms with Gasteiger partial charge in [0.15, 0.2) is 0 Å². The topological polar surface area (TPSA) is 72.6 Å². The van der Waals surface area contributed by atoms with Crippen molar-refractivity contribution < 1.29 is 19.1 Å². The Morgan fingerprint density at radius 3 is 2.66 bits per heavy atom.